The van der Waals surface area contributed by atoms with Crippen molar-refractivity contribution in [3.8, 4) is 0 Å². The van der Waals surface area contributed by atoms with Gasteiger partial charge in [-0.05, 0) is 19.4 Å². The van der Waals surface area contributed by atoms with Crippen molar-refractivity contribution in [2.24, 2.45) is 0 Å². The van der Waals surface area contributed by atoms with Crippen LogP contribution in [0.25, 0.3) is 0 Å². The minimum atomic E-state index is -0.147. The molecule has 1 fully saturated rings. The van der Waals surface area contributed by atoms with E-state index in [0.29, 0.717) is 0 Å². The molecule has 1 aliphatic rings. The van der Waals surface area contributed by atoms with Crippen molar-refractivity contribution in [1.29, 1.82) is 0 Å². The van der Waals surface area contributed by atoms with Crippen LogP contribution < -0.4 is 5.32 Å². The molecule has 0 unspecified atom stereocenters. The van der Waals surface area contributed by atoms with Gasteiger partial charge in [0.15, 0.2) is 0 Å². The Hall–Kier alpha value is -0.860. The van der Waals surface area contributed by atoms with Gasteiger partial charge in [0.1, 0.15) is 5.60 Å². The van der Waals surface area contributed by atoms with E-state index in [0.717, 1.165) is 19.7 Å². The summed E-state index contributed by atoms with van der Waals surface area (Å²) in [6, 6.07) is 8.59. The molecule has 2 nitrogen and oxygen atoms in total. The van der Waals surface area contributed by atoms with Crippen molar-refractivity contribution in [2.45, 2.75) is 19.4 Å². The third-order valence-electron chi connectivity index (χ3n) is 2.82. The quantitative estimate of drug-likeness (QED) is 0.731. The average molecular weight is 191 g/mol. The van der Waals surface area contributed by atoms with Crippen LogP contribution in [0.3, 0.4) is 0 Å². The van der Waals surface area contributed by atoms with Crippen molar-refractivity contribution in [1.82, 2.24) is 5.32 Å². The van der Waals surface area contributed by atoms with Crippen molar-refractivity contribution in [3.63, 3.8) is 0 Å². The van der Waals surface area contributed by atoms with Gasteiger partial charge in [0.25, 0.3) is 0 Å². The SMILES string of the molecule is Cc1ccc([C@]2(C)CNCCO2)cc1. The van der Waals surface area contributed by atoms with E-state index in [2.05, 4.69) is 43.4 Å². The molecule has 2 heteroatoms. The second kappa shape index (κ2) is 3.71. The standard InChI is InChI=1S/C12H17NO/c1-10-3-5-11(6-4-10)12(2)9-13-7-8-14-12/h3-6,13H,7-9H2,1-2H3/t12-/m0/s1. The molecule has 1 atom stereocenters. The number of hydrogen-bond donors (Lipinski definition) is 1. The highest BCUT2D eigenvalue weighted by Gasteiger charge is 2.29. The van der Waals surface area contributed by atoms with Crippen molar-refractivity contribution >= 4 is 0 Å². The van der Waals surface area contributed by atoms with Gasteiger partial charge in [-0.1, -0.05) is 29.8 Å². The second-order valence-corrected chi connectivity index (χ2v) is 4.12. The van der Waals surface area contributed by atoms with Crippen LogP contribution >= 0.6 is 0 Å². The van der Waals surface area contributed by atoms with Crippen LogP contribution in [0.4, 0.5) is 0 Å². The molecule has 1 aliphatic heterocycles. The highest BCUT2D eigenvalue weighted by molar-refractivity contribution is 5.26. The van der Waals surface area contributed by atoms with Gasteiger partial charge in [-0.3, -0.25) is 0 Å². The van der Waals surface area contributed by atoms with E-state index in [1.807, 2.05) is 0 Å². The van der Waals surface area contributed by atoms with Crippen molar-refractivity contribution < 1.29 is 4.74 Å². The molecular weight excluding hydrogens is 174 g/mol. The topological polar surface area (TPSA) is 21.3 Å². The lowest BCUT2D eigenvalue weighted by Crippen LogP contribution is -2.45. The summed E-state index contributed by atoms with van der Waals surface area (Å²) in [5.74, 6) is 0. The molecule has 76 valence electrons. The second-order valence-electron chi connectivity index (χ2n) is 4.12. The fourth-order valence-electron chi connectivity index (χ4n) is 1.82. The number of ether oxygens (including phenoxy) is 1. The number of hydrogen-bond acceptors (Lipinski definition) is 2. The van der Waals surface area contributed by atoms with Gasteiger partial charge >= 0.3 is 0 Å². The lowest BCUT2D eigenvalue weighted by Gasteiger charge is -2.34. The predicted molar refractivity (Wildman–Crippen MR) is 57.4 cm³/mol. The van der Waals surface area contributed by atoms with Crippen LogP contribution in [0, 0.1) is 6.92 Å². The van der Waals surface area contributed by atoms with Crippen molar-refractivity contribution in [3.05, 3.63) is 35.4 Å². The van der Waals surface area contributed by atoms with Crippen LogP contribution in [0.1, 0.15) is 18.1 Å². The maximum absolute atomic E-state index is 5.83. The fourth-order valence-corrected chi connectivity index (χ4v) is 1.82. The first-order valence-corrected chi connectivity index (χ1v) is 5.12. The molecule has 2 rings (SSSR count). The maximum atomic E-state index is 5.83. The summed E-state index contributed by atoms with van der Waals surface area (Å²) >= 11 is 0. The normalized spacial score (nSPS) is 27.6. The summed E-state index contributed by atoms with van der Waals surface area (Å²) in [7, 11) is 0. The molecule has 1 aromatic rings. The van der Waals surface area contributed by atoms with Crippen LogP contribution in [-0.2, 0) is 10.3 Å². The molecule has 0 bridgehead atoms. The molecule has 0 spiro atoms. The van der Waals surface area contributed by atoms with E-state index < -0.39 is 0 Å². The first kappa shape index (κ1) is 9.69. The monoisotopic (exact) mass is 191 g/mol. The zero-order chi connectivity index (χ0) is 10.0. The zero-order valence-electron chi connectivity index (χ0n) is 8.84. The molecule has 0 aromatic heterocycles. The molecule has 1 aromatic carbocycles. The molecule has 0 amide bonds. The van der Waals surface area contributed by atoms with Gasteiger partial charge < -0.3 is 10.1 Å². The van der Waals surface area contributed by atoms with Gasteiger partial charge in [0.2, 0.25) is 0 Å². The summed E-state index contributed by atoms with van der Waals surface area (Å²) < 4.78 is 5.83. The zero-order valence-corrected chi connectivity index (χ0v) is 8.84. The smallest absolute Gasteiger partial charge is 0.103 e. The van der Waals surface area contributed by atoms with E-state index in [4.69, 9.17) is 4.74 Å². The minimum absolute atomic E-state index is 0.147. The Kier molecular flexibility index (Phi) is 2.57. The Bertz CT molecular complexity index is 299. The van der Waals surface area contributed by atoms with E-state index in [1.165, 1.54) is 11.1 Å². The molecule has 1 saturated heterocycles. The number of aryl methyl sites for hydroxylation is 1. The van der Waals surface area contributed by atoms with E-state index in [9.17, 15) is 0 Å². The Balaban J connectivity index is 2.23. The van der Waals surface area contributed by atoms with Gasteiger partial charge in [0, 0.05) is 13.1 Å². The third-order valence-corrected chi connectivity index (χ3v) is 2.82. The summed E-state index contributed by atoms with van der Waals surface area (Å²) in [5, 5.41) is 3.36. The Labute approximate surface area is 85.3 Å². The third kappa shape index (κ3) is 1.81. The maximum Gasteiger partial charge on any atom is 0.103 e. The van der Waals surface area contributed by atoms with Gasteiger partial charge in [-0.2, -0.15) is 0 Å². The molecule has 14 heavy (non-hydrogen) atoms. The van der Waals surface area contributed by atoms with E-state index >= 15 is 0 Å². The lowest BCUT2D eigenvalue weighted by atomic mass is 9.94. The van der Waals surface area contributed by atoms with Crippen LogP contribution in [0.5, 0.6) is 0 Å². The summed E-state index contributed by atoms with van der Waals surface area (Å²) in [5.41, 5.74) is 2.41. The summed E-state index contributed by atoms with van der Waals surface area (Å²) in [6.45, 7) is 6.90. The lowest BCUT2D eigenvalue weighted by molar-refractivity contribution is -0.0572. The Morgan fingerprint density at radius 1 is 1.29 bits per heavy atom. The predicted octanol–water partition coefficient (Wildman–Crippen LogP) is 1.83. The Morgan fingerprint density at radius 3 is 2.57 bits per heavy atom. The molecule has 0 saturated carbocycles. The number of rotatable bonds is 1. The van der Waals surface area contributed by atoms with Crippen molar-refractivity contribution in [2.75, 3.05) is 19.7 Å². The van der Waals surface area contributed by atoms with E-state index in [1.54, 1.807) is 0 Å². The molecule has 1 heterocycles. The highest BCUT2D eigenvalue weighted by atomic mass is 16.5. The molecular formula is C12H17NO. The summed E-state index contributed by atoms with van der Waals surface area (Å²) in [4.78, 5) is 0. The van der Waals surface area contributed by atoms with Gasteiger partial charge in [-0.15, -0.1) is 0 Å². The average Bonchev–Trinajstić information content (AvgIpc) is 2.19. The number of nitrogens with one attached hydrogen (secondary N) is 1. The minimum Gasteiger partial charge on any atom is -0.368 e. The van der Waals surface area contributed by atoms with Crippen LogP contribution in [0.2, 0.25) is 0 Å². The first-order valence-electron chi connectivity index (χ1n) is 5.12. The van der Waals surface area contributed by atoms with Crippen LogP contribution in [-0.4, -0.2) is 19.7 Å². The Morgan fingerprint density at radius 2 is 2.00 bits per heavy atom. The van der Waals surface area contributed by atoms with Crippen LogP contribution in [0.15, 0.2) is 24.3 Å². The molecule has 0 radical (unpaired) electrons. The molecule has 0 aliphatic carbocycles. The number of benzene rings is 1. The van der Waals surface area contributed by atoms with Gasteiger partial charge in [0.05, 0.1) is 6.61 Å². The largest absolute Gasteiger partial charge is 0.368 e. The molecule has 1 N–H and O–H groups in total. The first-order chi connectivity index (χ1) is 6.71. The number of morpholine rings is 1. The summed E-state index contributed by atoms with van der Waals surface area (Å²) in [6.07, 6.45) is 0. The van der Waals surface area contributed by atoms with E-state index in [-0.39, 0.29) is 5.60 Å². The van der Waals surface area contributed by atoms with Gasteiger partial charge in [-0.25, -0.2) is 0 Å². The fraction of sp³-hybridized carbons (Fsp3) is 0.500. The highest BCUT2D eigenvalue weighted by Crippen LogP contribution is 2.26.